The molecule has 206 valence electrons. The first-order valence-corrected chi connectivity index (χ1v) is 13.5. The van der Waals surface area contributed by atoms with Crippen molar-refractivity contribution in [3.05, 3.63) is 78.8 Å². The van der Waals surface area contributed by atoms with Gasteiger partial charge in [0.05, 0.1) is 34.2 Å². The van der Waals surface area contributed by atoms with Crippen molar-refractivity contribution in [1.29, 1.82) is 0 Å². The van der Waals surface area contributed by atoms with Crippen molar-refractivity contribution < 1.29 is 23.5 Å². The minimum Gasteiger partial charge on any atom is -0.497 e. The Kier molecular flexibility index (Phi) is 7.65. The lowest BCUT2D eigenvalue weighted by molar-refractivity contribution is -0.126. The fourth-order valence-corrected chi connectivity index (χ4v) is 5.21. The molecule has 0 saturated carbocycles. The van der Waals surface area contributed by atoms with Gasteiger partial charge in [0, 0.05) is 42.8 Å². The second-order valence-corrected chi connectivity index (χ2v) is 10.5. The Balaban J connectivity index is 1.22. The third-order valence-electron chi connectivity index (χ3n) is 6.44. The van der Waals surface area contributed by atoms with Crippen LogP contribution in [0.15, 0.2) is 78.8 Å². The maximum Gasteiger partial charge on any atom is 0.233 e. The van der Waals surface area contributed by atoms with Crippen LogP contribution in [0.3, 0.4) is 0 Å². The van der Waals surface area contributed by atoms with Gasteiger partial charge in [-0.2, -0.15) is 0 Å². The Morgan fingerprint density at radius 1 is 1.15 bits per heavy atom. The van der Waals surface area contributed by atoms with Gasteiger partial charge in [-0.15, -0.1) is 11.3 Å². The molecule has 2 N–H and O–H groups in total. The molecule has 11 heteroatoms. The molecule has 3 aromatic heterocycles. The first kappa shape index (κ1) is 27.1. The second kappa shape index (κ2) is 11.3. The van der Waals surface area contributed by atoms with E-state index in [9.17, 15) is 9.59 Å². The highest BCUT2D eigenvalue weighted by molar-refractivity contribution is 7.22. The summed E-state index contributed by atoms with van der Waals surface area (Å²) in [5, 5.41) is 5.24. The van der Waals surface area contributed by atoms with Gasteiger partial charge in [0.15, 0.2) is 5.60 Å². The fraction of sp³-hybridized carbons (Fsp3) is 0.241. The van der Waals surface area contributed by atoms with Gasteiger partial charge in [-0.25, -0.2) is 9.37 Å². The van der Waals surface area contributed by atoms with Crippen LogP contribution in [-0.4, -0.2) is 39.1 Å². The number of allylic oxidation sites excluding steroid dienone is 1. The van der Waals surface area contributed by atoms with E-state index in [2.05, 4.69) is 20.6 Å². The zero-order valence-corrected chi connectivity index (χ0v) is 23.0. The normalized spacial score (nSPS) is 16.7. The molecule has 3 heterocycles. The number of pyridine rings is 1. The van der Waals surface area contributed by atoms with Crippen LogP contribution < -0.4 is 20.1 Å². The molecule has 1 unspecified atom stereocenters. The molecule has 4 aromatic rings. The van der Waals surface area contributed by atoms with Crippen molar-refractivity contribution >= 4 is 39.1 Å². The number of ether oxygens (including phenoxy) is 2. The summed E-state index contributed by atoms with van der Waals surface area (Å²) in [5.74, 6) is -0.429. The second-order valence-electron chi connectivity index (χ2n) is 9.41. The number of fused-ring (bicyclic) bond motifs is 1. The monoisotopic (exact) mass is 561 g/mol. The minimum atomic E-state index is -1.28. The van der Waals surface area contributed by atoms with Crippen molar-refractivity contribution in [3.8, 4) is 22.1 Å². The van der Waals surface area contributed by atoms with Crippen LogP contribution in [0.25, 0.3) is 20.8 Å². The number of aryl methyl sites for hydroxylation is 1. The summed E-state index contributed by atoms with van der Waals surface area (Å²) in [6.45, 7) is 4.52. The number of aromatic nitrogens is 3. The predicted molar refractivity (Wildman–Crippen MR) is 152 cm³/mol. The largest absolute Gasteiger partial charge is 0.497 e. The topological polar surface area (TPSA) is 107 Å². The van der Waals surface area contributed by atoms with Gasteiger partial charge >= 0.3 is 0 Å². The first-order valence-electron chi connectivity index (χ1n) is 12.7. The minimum absolute atomic E-state index is 0.173. The van der Waals surface area contributed by atoms with E-state index in [0.717, 1.165) is 27.3 Å². The van der Waals surface area contributed by atoms with Crippen LogP contribution in [0.1, 0.15) is 26.7 Å². The van der Waals surface area contributed by atoms with Gasteiger partial charge in [-0.3, -0.25) is 14.6 Å². The summed E-state index contributed by atoms with van der Waals surface area (Å²) in [5.41, 5.74) is 1.11. The maximum absolute atomic E-state index is 15.4. The number of hydrogen-bond acceptors (Lipinski definition) is 7. The molecule has 1 atom stereocenters. The van der Waals surface area contributed by atoms with Crippen molar-refractivity contribution in [2.24, 2.45) is 0 Å². The SMILES string of the molecule is CCn1cnc(-c2cc3nccc(OC4(C)CC=C(NC(=O)CC(=O)Nc5ccc(OC)cc5)C=C4F)c3s2)c1. The van der Waals surface area contributed by atoms with Gasteiger partial charge in [0.1, 0.15) is 23.7 Å². The van der Waals surface area contributed by atoms with E-state index >= 15 is 4.39 Å². The molecule has 9 nitrogen and oxygen atoms in total. The van der Waals surface area contributed by atoms with Crippen LogP contribution in [-0.2, 0) is 16.1 Å². The Morgan fingerprint density at radius 2 is 1.93 bits per heavy atom. The molecular weight excluding hydrogens is 533 g/mol. The average Bonchev–Trinajstić information content (AvgIpc) is 3.59. The van der Waals surface area contributed by atoms with Gasteiger partial charge in [-0.1, -0.05) is 6.08 Å². The number of halogens is 1. The lowest BCUT2D eigenvalue weighted by Gasteiger charge is -2.31. The van der Waals surface area contributed by atoms with Crippen molar-refractivity contribution in [2.45, 2.75) is 38.8 Å². The van der Waals surface area contributed by atoms with Crippen LogP contribution >= 0.6 is 11.3 Å². The summed E-state index contributed by atoms with van der Waals surface area (Å²) in [7, 11) is 1.55. The smallest absolute Gasteiger partial charge is 0.233 e. The number of benzene rings is 1. The van der Waals surface area contributed by atoms with Crippen LogP contribution in [0.4, 0.5) is 10.1 Å². The molecule has 0 fully saturated rings. The Hall–Kier alpha value is -4.51. The summed E-state index contributed by atoms with van der Waals surface area (Å²) in [6, 6.07) is 10.4. The molecular formula is C29H28FN5O4S. The molecule has 1 aromatic carbocycles. The Labute approximate surface area is 234 Å². The molecule has 1 aliphatic carbocycles. The quantitative estimate of drug-likeness (QED) is 0.257. The van der Waals surface area contributed by atoms with Gasteiger partial charge in [-0.05, 0) is 50.3 Å². The zero-order chi connectivity index (χ0) is 28.3. The standard InChI is InChI=1S/C29H28FN5O4S/c1-4-35-16-22(32-17-35)24-14-21-28(40-24)23(10-12-31-21)39-29(2)11-9-19(13-25(29)30)34-27(37)15-26(36)33-18-5-7-20(38-3)8-6-18/h5-10,12-14,16-17H,4,11,15H2,1-3H3,(H,33,36)(H,34,37). The number of nitrogens with zero attached hydrogens (tertiary/aromatic N) is 3. The summed E-state index contributed by atoms with van der Waals surface area (Å²) < 4.78 is 29.5. The van der Waals surface area contributed by atoms with Crippen molar-refractivity contribution in [2.75, 3.05) is 12.4 Å². The first-order chi connectivity index (χ1) is 19.3. The third-order valence-corrected chi connectivity index (χ3v) is 7.60. The average molecular weight is 562 g/mol. The van der Waals surface area contributed by atoms with E-state index in [1.54, 1.807) is 63.0 Å². The van der Waals surface area contributed by atoms with Crippen LogP contribution in [0.5, 0.6) is 11.5 Å². The number of carbonyl (C=O) groups is 2. The molecule has 40 heavy (non-hydrogen) atoms. The zero-order valence-electron chi connectivity index (χ0n) is 22.2. The number of amides is 2. The number of imidazole rings is 1. The summed E-state index contributed by atoms with van der Waals surface area (Å²) in [6.07, 6.45) is 8.04. The van der Waals surface area contributed by atoms with Gasteiger partial charge in [0.25, 0.3) is 0 Å². The molecule has 1 aliphatic rings. The van der Waals surface area contributed by atoms with Crippen molar-refractivity contribution in [1.82, 2.24) is 19.9 Å². The maximum atomic E-state index is 15.4. The third kappa shape index (κ3) is 5.89. The number of methoxy groups -OCH3 is 1. The molecule has 0 aliphatic heterocycles. The lowest BCUT2D eigenvalue weighted by Crippen LogP contribution is -2.36. The molecule has 5 rings (SSSR count). The van der Waals surface area contributed by atoms with E-state index < -0.39 is 29.7 Å². The van der Waals surface area contributed by atoms with Crippen LogP contribution in [0.2, 0.25) is 0 Å². The highest BCUT2D eigenvalue weighted by atomic mass is 32.1. The predicted octanol–water partition coefficient (Wildman–Crippen LogP) is 5.61. The lowest BCUT2D eigenvalue weighted by atomic mass is 9.94. The summed E-state index contributed by atoms with van der Waals surface area (Å²) in [4.78, 5) is 34.5. The Bertz CT molecular complexity index is 1620. The number of rotatable bonds is 9. The molecule has 2 amide bonds. The van der Waals surface area contributed by atoms with Gasteiger partial charge in [0.2, 0.25) is 11.8 Å². The van der Waals surface area contributed by atoms with E-state index in [1.165, 1.54) is 17.4 Å². The summed E-state index contributed by atoms with van der Waals surface area (Å²) >= 11 is 1.48. The molecule has 0 saturated heterocycles. The van der Waals surface area contributed by atoms with Crippen LogP contribution in [0, 0.1) is 0 Å². The van der Waals surface area contributed by atoms with Gasteiger partial charge < -0.3 is 24.7 Å². The van der Waals surface area contributed by atoms with E-state index in [1.807, 2.05) is 23.8 Å². The molecule has 0 radical (unpaired) electrons. The fourth-order valence-electron chi connectivity index (χ4n) is 4.18. The van der Waals surface area contributed by atoms with Crippen molar-refractivity contribution in [3.63, 3.8) is 0 Å². The number of anilines is 1. The highest BCUT2D eigenvalue weighted by Gasteiger charge is 2.35. The number of thiophene rings is 1. The molecule has 0 bridgehead atoms. The Morgan fingerprint density at radius 3 is 2.62 bits per heavy atom. The van der Waals surface area contributed by atoms with E-state index in [-0.39, 0.29) is 12.1 Å². The number of hydrogen-bond donors (Lipinski definition) is 2. The van der Waals surface area contributed by atoms with E-state index in [4.69, 9.17) is 9.47 Å². The molecule has 0 spiro atoms. The van der Waals surface area contributed by atoms with E-state index in [0.29, 0.717) is 17.2 Å². The highest BCUT2D eigenvalue weighted by Crippen LogP contribution is 2.41. The number of nitrogens with one attached hydrogen (secondary N) is 2. The number of carbonyl (C=O) groups excluding carboxylic acids is 2.